The lowest BCUT2D eigenvalue weighted by molar-refractivity contribution is -0.147. The number of rotatable bonds is 3. The van der Waals surface area contributed by atoms with E-state index in [9.17, 15) is 9.90 Å². The molecule has 1 aromatic rings. The van der Waals surface area contributed by atoms with Crippen molar-refractivity contribution in [3.8, 4) is 0 Å². The first kappa shape index (κ1) is 13.4. The topological polar surface area (TPSA) is 58.4 Å². The van der Waals surface area contributed by atoms with Crippen LogP contribution < -0.4 is 0 Å². The maximum atomic E-state index is 11.2. The van der Waals surface area contributed by atoms with Crippen LogP contribution in [0.15, 0.2) is 0 Å². The van der Waals surface area contributed by atoms with Crippen molar-refractivity contribution in [2.45, 2.75) is 26.8 Å². The highest BCUT2D eigenvalue weighted by atomic mass is 35.5. The zero-order valence-electron chi connectivity index (χ0n) is 10.9. The molecule has 0 spiro atoms. The zero-order chi connectivity index (χ0) is 13.5. The molecule has 2 heterocycles. The minimum Gasteiger partial charge on any atom is -0.481 e. The van der Waals surface area contributed by atoms with Gasteiger partial charge in [-0.2, -0.15) is 5.10 Å². The highest BCUT2D eigenvalue weighted by molar-refractivity contribution is 6.30. The van der Waals surface area contributed by atoms with E-state index in [2.05, 4.69) is 10.00 Å². The lowest BCUT2D eigenvalue weighted by Gasteiger charge is -2.19. The molecule has 1 atom stereocenters. The number of aliphatic carboxylic acids is 1. The molecule has 18 heavy (non-hydrogen) atoms. The SMILES string of the molecule is Cc1nn(C)c(Cl)c1CN1CCC(C)(C(=O)O)C1. The fraction of sp³-hybridized carbons (Fsp3) is 0.667. The Labute approximate surface area is 111 Å². The molecule has 0 aromatic carbocycles. The number of aryl methyl sites for hydroxylation is 2. The second-order valence-electron chi connectivity index (χ2n) is 5.30. The number of likely N-dealkylation sites (tertiary alicyclic amines) is 1. The van der Waals surface area contributed by atoms with E-state index >= 15 is 0 Å². The van der Waals surface area contributed by atoms with E-state index in [1.165, 1.54) is 0 Å². The van der Waals surface area contributed by atoms with Crippen LogP contribution in [0.1, 0.15) is 24.6 Å². The van der Waals surface area contributed by atoms with Gasteiger partial charge in [0.2, 0.25) is 0 Å². The summed E-state index contributed by atoms with van der Waals surface area (Å²) in [5, 5.41) is 14.1. The Balaban J connectivity index is 2.10. The summed E-state index contributed by atoms with van der Waals surface area (Å²) in [6, 6.07) is 0. The smallest absolute Gasteiger partial charge is 0.310 e. The van der Waals surface area contributed by atoms with Crippen molar-refractivity contribution in [2.24, 2.45) is 12.5 Å². The number of hydrogen-bond donors (Lipinski definition) is 1. The average molecular weight is 272 g/mol. The lowest BCUT2D eigenvalue weighted by Crippen LogP contribution is -2.31. The standard InChI is InChI=1S/C12H18ClN3O2/c1-8-9(10(13)15(3)14-8)6-16-5-4-12(2,7-16)11(17)18/h4-7H2,1-3H3,(H,17,18). The summed E-state index contributed by atoms with van der Waals surface area (Å²) in [4.78, 5) is 13.3. The van der Waals surface area contributed by atoms with E-state index < -0.39 is 11.4 Å². The fourth-order valence-electron chi connectivity index (χ4n) is 2.44. The predicted molar refractivity (Wildman–Crippen MR) is 68.6 cm³/mol. The van der Waals surface area contributed by atoms with Gasteiger partial charge in [0, 0.05) is 25.7 Å². The van der Waals surface area contributed by atoms with Gasteiger partial charge in [-0.15, -0.1) is 0 Å². The molecule has 5 nitrogen and oxygen atoms in total. The third-order valence-electron chi connectivity index (χ3n) is 3.72. The van der Waals surface area contributed by atoms with E-state index in [4.69, 9.17) is 11.6 Å². The van der Waals surface area contributed by atoms with Crippen molar-refractivity contribution in [1.82, 2.24) is 14.7 Å². The first-order valence-corrected chi connectivity index (χ1v) is 6.35. The third-order valence-corrected chi connectivity index (χ3v) is 4.19. The molecule has 1 aliphatic heterocycles. The van der Waals surface area contributed by atoms with Gasteiger partial charge in [0.05, 0.1) is 11.1 Å². The van der Waals surface area contributed by atoms with Crippen LogP contribution in [0.5, 0.6) is 0 Å². The lowest BCUT2D eigenvalue weighted by atomic mass is 9.90. The van der Waals surface area contributed by atoms with E-state index in [0.717, 1.165) is 17.8 Å². The largest absolute Gasteiger partial charge is 0.481 e. The van der Waals surface area contributed by atoms with Gasteiger partial charge < -0.3 is 5.11 Å². The predicted octanol–water partition coefficient (Wildman–Crippen LogP) is 1.68. The van der Waals surface area contributed by atoms with Crippen LogP contribution in [-0.4, -0.2) is 38.8 Å². The number of aromatic nitrogens is 2. The van der Waals surface area contributed by atoms with Crippen molar-refractivity contribution in [2.75, 3.05) is 13.1 Å². The minimum absolute atomic E-state index is 0.562. The Hall–Kier alpha value is -1.07. The number of carbonyl (C=O) groups is 1. The molecule has 0 amide bonds. The molecule has 0 saturated carbocycles. The average Bonchev–Trinajstić information content (AvgIpc) is 2.77. The van der Waals surface area contributed by atoms with Crippen molar-refractivity contribution in [3.63, 3.8) is 0 Å². The van der Waals surface area contributed by atoms with Crippen LogP contribution in [0.25, 0.3) is 0 Å². The molecule has 100 valence electrons. The number of carboxylic acids is 1. The number of nitrogens with zero attached hydrogens (tertiary/aromatic N) is 3. The Morgan fingerprint density at radius 3 is 2.72 bits per heavy atom. The highest BCUT2D eigenvalue weighted by Crippen LogP contribution is 2.32. The summed E-state index contributed by atoms with van der Waals surface area (Å²) < 4.78 is 1.65. The van der Waals surface area contributed by atoms with Gasteiger partial charge in [0.25, 0.3) is 0 Å². The van der Waals surface area contributed by atoms with Crippen LogP contribution in [0.4, 0.5) is 0 Å². The van der Waals surface area contributed by atoms with Gasteiger partial charge in [0.15, 0.2) is 0 Å². The molecule has 1 unspecified atom stereocenters. The molecule has 0 aliphatic carbocycles. The molecule has 1 N–H and O–H groups in total. The maximum absolute atomic E-state index is 11.2. The van der Waals surface area contributed by atoms with Gasteiger partial charge >= 0.3 is 5.97 Å². The summed E-state index contributed by atoms with van der Waals surface area (Å²) in [6.07, 6.45) is 0.680. The summed E-state index contributed by atoms with van der Waals surface area (Å²) in [7, 11) is 1.81. The molecule has 2 rings (SSSR count). The molecule has 1 saturated heterocycles. The maximum Gasteiger partial charge on any atom is 0.310 e. The Kier molecular flexibility index (Phi) is 3.38. The van der Waals surface area contributed by atoms with Crippen LogP contribution in [-0.2, 0) is 18.4 Å². The Morgan fingerprint density at radius 1 is 1.61 bits per heavy atom. The molecule has 0 bridgehead atoms. The first-order valence-electron chi connectivity index (χ1n) is 5.97. The van der Waals surface area contributed by atoms with Crippen LogP contribution >= 0.6 is 11.6 Å². The second kappa shape index (κ2) is 4.55. The molecule has 0 radical (unpaired) electrons. The molecule has 6 heteroatoms. The molecule has 1 fully saturated rings. The molecular formula is C12H18ClN3O2. The van der Waals surface area contributed by atoms with Gasteiger partial charge in [-0.05, 0) is 26.8 Å². The second-order valence-corrected chi connectivity index (χ2v) is 5.66. The Bertz CT molecular complexity index is 486. The summed E-state index contributed by atoms with van der Waals surface area (Å²) in [5.41, 5.74) is 1.27. The van der Waals surface area contributed by atoms with E-state index in [1.54, 1.807) is 11.6 Å². The normalized spacial score (nSPS) is 24.7. The third kappa shape index (κ3) is 2.24. The van der Waals surface area contributed by atoms with E-state index in [0.29, 0.717) is 24.7 Å². The van der Waals surface area contributed by atoms with E-state index in [-0.39, 0.29) is 0 Å². The summed E-state index contributed by atoms with van der Waals surface area (Å²) in [5.74, 6) is -0.723. The van der Waals surface area contributed by atoms with Crippen LogP contribution in [0, 0.1) is 12.3 Å². The summed E-state index contributed by atoms with van der Waals surface area (Å²) >= 11 is 6.18. The summed E-state index contributed by atoms with van der Waals surface area (Å²) in [6.45, 7) is 5.74. The minimum atomic E-state index is -0.723. The fourth-order valence-corrected chi connectivity index (χ4v) is 2.68. The number of carboxylic acid groups (broad SMARTS) is 1. The van der Waals surface area contributed by atoms with Gasteiger partial charge in [-0.25, -0.2) is 0 Å². The van der Waals surface area contributed by atoms with Crippen molar-refractivity contribution >= 4 is 17.6 Å². The van der Waals surface area contributed by atoms with Gasteiger partial charge in [-0.3, -0.25) is 14.4 Å². The molecular weight excluding hydrogens is 254 g/mol. The number of halogens is 1. The van der Waals surface area contributed by atoms with Gasteiger partial charge in [-0.1, -0.05) is 11.6 Å². The van der Waals surface area contributed by atoms with E-state index in [1.807, 2.05) is 14.0 Å². The first-order chi connectivity index (χ1) is 8.33. The van der Waals surface area contributed by atoms with Crippen LogP contribution in [0.2, 0.25) is 5.15 Å². The highest BCUT2D eigenvalue weighted by Gasteiger charge is 2.40. The monoisotopic (exact) mass is 271 g/mol. The van der Waals surface area contributed by atoms with Crippen LogP contribution in [0.3, 0.4) is 0 Å². The molecule has 1 aliphatic rings. The Morgan fingerprint density at radius 2 is 2.28 bits per heavy atom. The van der Waals surface area contributed by atoms with Crippen molar-refractivity contribution < 1.29 is 9.90 Å². The van der Waals surface area contributed by atoms with Gasteiger partial charge in [0.1, 0.15) is 5.15 Å². The van der Waals surface area contributed by atoms with Crippen molar-refractivity contribution in [1.29, 1.82) is 0 Å². The quantitative estimate of drug-likeness (QED) is 0.909. The number of hydrogen-bond acceptors (Lipinski definition) is 3. The molecule has 1 aromatic heterocycles. The van der Waals surface area contributed by atoms with Crippen molar-refractivity contribution in [3.05, 3.63) is 16.4 Å². The zero-order valence-corrected chi connectivity index (χ0v) is 11.7.